The Labute approximate surface area is 134 Å². The molecule has 120 valence electrons. The number of imidazole rings is 1. The number of carboxylic acids is 1. The van der Waals surface area contributed by atoms with E-state index in [4.69, 9.17) is 15.8 Å². The van der Waals surface area contributed by atoms with E-state index >= 15 is 0 Å². The largest absolute Gasteiger partial charge is 0.480 e. The average molecular weight is 314 g/mol. The molecule has 1 rings (SSSR count). The number of aliphatic carboxylic acids is 1. The number of aryl methyl sites for hydroxylation is 1. The highest BCUT2D eigenvalue weighted by Crippen LogP contribution is 2.10. The fourth-order valence-electron chi connectivity index (χ4n) is 2.19. The number of hydrogen-bond acceptors (Lipinski definition) is 6. The molecule has 0 saturated heterocycles. The molecule has 1 unspecified atom stereocenters. The molecular weight excluding hydrogens is 296 g/mol. The molecule has 0 spiro atoms. The standard InChI is InChI=1S/C15H18N6O2/c16-4-1-7-20-11-13(19-12-20)10-14(15(22)23)21(8-2-5-17)9-3-6-18/h11-12,14H,1-3,7-10H2,(H,22,23). The van der Waals surface area contributed by atoms with Gasteiger partial charge < -0.3 is 9.67 Å². The number of carboxylic acid groups (broad SMARTS) is 1. The molecule has 8 heteroatoms. The summed E-state index contributed by atoms with van der Waals surface area (Å²) >= 11 is 0. The van der Waals surface area contributed by atoms with Crippen LogP contribution >= 0.6 is 0 Å². The Kier molecular flexibility index (Phi) is 7.85. The minimum atomic E-state index is -1.01. The Hall–Kier alpha value is -2.89. The van der Waals surface area contributed by atoms with Crippen LogP contribution in [0.4, 0.5) is 0 Å². The summed E-state index contributed by atoms with van der Waals surface area (Å²) in [4.78, 5) is 17.4. The van der Waals surface area contributed by atoms with E-state index in [1.165, 1.54) is 0 Å². The molecule has 0 fully saturated rings. The lowest BCUT2D eigenvalue weighted by Crippen LogP contribution is -2.43. The maximum Gasteiger partial charge on any atom is 0.321 e. The van der Waals surface area contributed by atoms with Gasteiger partial charge in [-0.1, -0.05) is 0 Å². The fourth-order valence-corrected chi connectivity index (χ4v) is 2.19. The van der Waals surface area contributed by atoms with Crippen molar-refractivity contribution in [3.05, 3.63) is 18.2 Å². The molecule has 23 heavy (non-hydrogen) atoms. The van der Waals surface area contributed by atoms with Gasteiger partial charge in [-0.2, -0.15) is 15.8 Å². The molecule has 1 N–H and O–H groups in total. The van der Waals surface area contributed by atoms with Crippen molar-refractivity contribution in [1.29, 1.82) is 15.8 Å². The van der Waals surface area contributed by atoms with Crippen molar-refractivity contribution in [2.75, 3.05) is 13.1 Å². The molecule has 1 aromatic heterocycles. The van der Waals surface area contributed by atoms with Gasteiger partial charge in [0, 0.05) is 45.1 Å². The van der Waals surface area contributed by atoms with Gasteiger partial charge in [0.15, 0.2) is 0 Å². The predicted octanol–water partition coefficient (Wildman–Crippen LogP) is 0.922. The third-order valence-corrected chi connectivity index (χ3v) is 3.32. The Morgan fingerprint density at radius 2 is 1.83 bits per heavy atom. The van der Waals surface area contributed by atoms with Crippen LogP contribution in [0.5, 0.6) is 0 Å². The molecule has 0 amide bonds. The van der Waals surface area contributed by atoms with Gasteiger partial charge in [-0.25, -0.2) is 4.98 Å². The van der Waals surface area contributed by atoms with Crippen LogP contribution in [0, 0.1) is 34.0 Å². The van der Waals surface area contributed by atoms with Crippen molar-refractivity contribution >= 4 is 5.97 Å². The zero-order valence-corrected chi connectivity index (χ0v) is 12.7. The van der Waals surface area contributed by atoms with Crippen LogP contribution in [-0.2, 0) is 17.8 Å². The predicted molar refractivity (Wildman–Crippen MR) is 79.6 cm³/mol. The molecule has 0 bridgehead atoms. The van der Waals surface area contributed by atoms with Crippen LogP contribution in [0.25, 0.3) is 0 Å². The second kappa shape index (κ2) is 9.94. The first-order valence-corrected chi connectivity index (χ1v) is 7.20. The topological polar surface area (TPSA) is 130 Å². The molecule has 8 nitrogen and oxygen atoms in total. The quantitative estimate of drug-likeness (QED) is 0.679. The number of aromatic nitrogens is 2. The van der Waals surface area contributed by atoms with Crippen molar-refractivity contribution in [3.8, 4) is 18.2 Å². The van der Waals surface area contributed by atoms with Crippen LogP contribution in [0.1, 0.15) is 25.0 Å². The summed E-state index contributed by atoms with van der Waals surface area (Å²) < 4.78 is 1.74. The first kappa shape index (κ1) is 18.2. The highest BCUT2D eigenvalue weighted by Gasteiger charge is 2.26. The van der Waals surface area contributed by atoms with Crippen molar-refractivity contribution in [1.82, 2.24) is 14.5 Å². The smallest absolute Gasteiger partial charge is 0.321 e. The SMILES string of the molecule is N#CCCN(CCC#N)C(Cc1cn(CCC#N)cn1)C(=O)O. The maximum absolute atomic E-state index is 11.6. The summed E-state index contributed by atoms with van der Waals surface area (Å²) in [6, 6.07) is 5.18. The van der Waals surface area contributed by atoms with Gasteiger partial charge in [-0.3, -0.25) is 9.69 Å². The van der Waals surface area contributed by atoms with Crippen LogP contribution in [-0.4, -0.2) is 44.7 Å². The van der Waals surface area contributed by atoms with Gasteiger partial charge in [0.05, 0.1) is 36.6 Å². The summed E-state index contributed by atoms with van der Waals surface area (Å²) in [5.41, 5.74) is 0.606. The molecule has 0 aromatic carbocycles. The summed E-state index contributed by atoms with van der Waals surface area (Å²) in [5.74, 6) is -1.01. The van der Waals surface area contributed by atoms with Crippen molar-refractivity contribution in [2.24, 2.45) is 0 Å². The summed E-state index contributed by atoms with van der Waals surface area (Å²) in [7, 11) is 0. The molecule has 0 aliphatic heterocycles. The van der Waals surface area contributed by atoms with Crippen molar-refractivity contribution in [2.45, 2.75) is 38.3 Å². The Morgan fingerprint density at radius 1 is 1.22 bits per heavy atom. The Bertz CT molecular complexity index is 616. The van der Waals surface area contributed by atoms with E-state index in [0.717, 1.165) is 0 Å². The first-order valence-electron chi connectivity index (χ1n) is 7.20. The van der Waals surface area contributed by atoms with Crippen LogP contribution in [0.15, 0.2) is 12.5 Å². The number of carbonyl (C=O) groups is 1. The lowest BCUT2D eigenvalue weighted by Gasteiger charge is -2.26. The third kappa shape index (κ3) is 6.17. The van der Waals surface area contributed by atoms with Gasteiger partial charge in [0.2, 0.25) is 0 Å². The number of hydrogen-bond donors (Lipinski definition) is 1. The maximum atomic E-state index is 11.6. The van der Waals surface area contributed by atoms with E-state index < -0.39 is 12.0 Å². The molecular formula is C15H18N6O2. The zero-order valence-electron chi connectivity index (χ0n) is 12.7. The van der Waals surface area contributed by atoms with Crippen LogP contribution in [0.3, 0.4) is 0 Å². The molecule has 0 aliphatic carbocycles. The Morgan fingerprint density at radius 3 is 2.35 bits per heavy atom. The molecule has 0 saturated carbocycles. The minimum absolute atomic E-state index is 0.186. The summed E-state index contributed by atoms with van der Waals surface area (Å²) in [6.07, 6.45) is 4.23. The summed E-state index contributed by atoms with van der Waals surface area (Å²) in [5, 5.41) is 35.4. The van der Waals surface area contributed by atoms with Crippen LogP contribution in [0.2, 0.25) is 0 Å². The van der Waals surface area contributed by atoms with Gasteiger partial charge >= 0.3 is 5.97 Å². The average Bonchev–Trinajstić information content (AvgIpc) is 2.98. The van der Waals surface area contributed by atoms with Crippen molar-refractivity contribution < 1.29 is 9.90 Å². The third-order valence-electron chi connectivity index (χ3n) is 3.32. The van der Waals surface area contributed by atoms with E-state index in [1.54, 1.807) is 22.0 Å². The molecule has 1 heterocycles. The van der Waals surface area contributed by atoms with E-state index in [2.05, 4.69) is 4.98 Å². The second-order valence-electron chi connectivity index (χ2n) is 4.92. The van der Waals surface area contributed by atoms with Gasteiger partial charge in [-0.05, 0) is 0 Å². The van der Waals surface area contributed by atoms with Crippen molar-refractivity contribution in [3.63, 3.8) is 0 Å². The highest BCUT2D eigenvalue weighted by molar-refractivity contribution is 5.73. The number of rotatable bonds is 10. The first-order chi connectivity index (χ1) is 11.1. The fraction of sp³-hybridized carbons (Fsp3) is 0.533. The molecule has 0 radical (unpaired) electrons. The second-order valence-corrected chi connectivity index (χ2v) is 4.92. The van der Waals surface area contributed by atoms with Gasteiger partial charge in [0.25, 0.3) is 0 Å². The van der Waals surface area contributed by atoms with Crippen LogP contribution < -0.4 is 0 Å². The van der Waals surface area contributed by atoms with E-state index in [1.807, 2.05) is 18.2 Å². The minimum Gasteiger partial charge on any atom is -0.480 e. The molecule has 1 aromatic rings. The van der Waals surface area contributed by atoms with E-state index in [9.17, 15) is 9.90 Å². The highest BCUT2D eigenvalue weighted by atomic mass is 16.4. The van der Waals surface area contributed by atoms with Gasteiger partial charge in [-0.15, -0.1) is 0 Å². The van der Waals surface area contributed by atoms with Gasteiger partial charge in [0.1, 0.15) is 6.04 Å². The lowest BCUT2D eigenvalue weighted by molar-refractivity contribution is -0.143. The number of nitrogens with zero attached hydrogens (tertiary/aromatic N) is 6. The Balaban J connectivity index is 2.80. The lowest BCUT2D eigenvalue weighted by atomic mass is 10.1. The van der Waals surface area contributed by atoms with E-state index in [0.29, 0.717) is 31.7 Å². The monoisotopic (exact) mass is 314 g/mol. The number of nitriles is 3. The molecule has 1 atom stereocenters. The van der Waals surface area contributed by atoms with E-state index in [-0.39, 0.29) is 19.3 Å². The molecule has 0 aliphatic rings. The zero-order chi connectivity index (χ0) is 17.1. The normalized spacial score (nSPS) is 11.4. The summed E-state index contributed by atoms with van der Waals surface area (Å²) in [6.45, 7) is 1.10.